The topological polar surface area (TPSA) is 44.8 Å². The van der Waals surface area contributed by atoms with Gasteiger partial charge < -0.3 is 15.0 Å². The molecule has 1 N–H and O–H groups in total. The molecule has 0 spiro atoms. The highest BCUT2D eigenvalue weighted by atomic mass is 35.5. The zero-order chi connectivity index (χ0) is 16.9. The number of nitrogens with one attached hydrogen (secondary N) is 1. The summed E-state index contributed by atoms with van der Waals surface area (Å²) >= 11 is 6.12. The fourth-order valence-electron chi connectivity index (χ4n) is 3.34. The van der Waals surface area contributed by atoms with Gasteiger partial charge in [0, 0.05) is 43.4 Å². The van der Waals surface area contributed by atoms with Crippen LogP contribution < -0.4 is 5.32 Å². The summed E-state index contributed by atoms with van der Waals surface area (Å²) in [6.45, 7) is 8.49. The number of hydrogen-bond donors (Lipinski definition) is 1. The number of nitrogens with zero attached hydrogens (tertiary/aromatic N) is 2. The minimum Gasteiger partial charge on any atom is -0.379 e. The minimum atomic E-state index is -0.0280. The van der Waals surface area contributed by atoms with Gasteiger partial charge in [-0.3, -0.25) is 4.90 Å². The number of carbonyl (C=O) groups is 1. The van der Waals surface area contributed by atoms with E-state index in [2.05, 4.69) is 10.2 Å². The third-order valence-corrected chi connectivity index (χ3v) is 5.35. The van der Waals surface area contributed by atoms with Gasteiger partial charge in [-0.25, -0.2) is 4.79 Å². The van der Waals surface area contributed by atoms with E-state index in [0.29, 0.717) is 10.9 Å². The molecule has 1 aromatic rings. The van der Waals surface area contributed by atoms with E-state index in [9.17, 15) is 4.79 Å². The molecule has 0 bridgehead atoms. The third kappa shape index (κ3) is 4.62. The van der Waals surface area contributed by atoms with Crippen molar-refractivity contribution in [2.75, 3.05) is 51.3 Å². The van der Waals surface area contributed by atoms with E-state index < -0.39 is 0 Å². The summed E-state index contributed by atoms with van der Waals surface area (Å²) in [7, 11) is 0. The highest BCUT2D eigenvalue weighted by Gasteiger charge is 2.25. The molecule has 0 aliphatic carbocycles. The Balaban J connectivity index is 1.45. The Labute approximate surface area is 148 Å². The zero-order valence-electron chi connectivity index (χ0n) is 14.3. The van der Waals surface area contributed by atoms with Crippen LogP contribution in [0.3, 0.4) is 0 Å². The lowest BCUT2D eigenvalue weighted by Gasteiger charge is -2.36. The zero-order valence-corrected chi connectivity index (χ0v) is 15.0. The average molecular weight is 352 g/mol. The van der Waals surface area contributed by atoms with E-state index in [1.54, 1.807) is 6.07 Å². The maximum Gasteiger partial charge on any atom is 0.321 e. The second kappa shape index (κ2) is 8.19. The monoisotopic (exact) mass is 351 g/mol. The predicted molar refractivity (Wildman–Crippen MR) is 96.8 cm³/mol. The van der Waals surface area contributed by atoms with Gasteiger partial charge in [0.1, 0.15) is 0 Å². The molecule has 24 heavy (non-hydrogen) atoms. The van der Waals surface area contributed by atoms with Crippen molar-refractivity contribution in [2.24, 2.45) is 5.92 Å². The third-order valence-electron chi connectivity index (χ3n) is 4.94. The standard InChI is InChI=1S/C18H26ClN3O2/c1-14-2-3-16(12-17(14)19)20-18(23)22-6-4-15(5-7-22)13-21-8-10-24-11-9-21/h2-3,12,15H,4-11,13H2,1H3,(H,20,23). The summed E-state index contributed by atoms with van der Waals surface area (Å²) in [6.07, 6.45) is 2.14. The first-order valence-corrected chi connectivity index (χ1v) is 9.12. The molecule has 2 saturated heterocycles. The van der Waals surface area contributed by atoms with Crippen LogP contribution in [0.4, 0.5) is 10.5 Å². The number of ether oxygens (including phenoxy) is 1. The van der Waals surface area contributed by atoms with Crippen LogP contribution >= 0.6 is 11.6 Å². The summed E-state index contributed by atoms with van der Waals surface area (Å²) in [4.78, 5) is 16.8. The molecule has 3 rings (SSSR count). The number of anilines is 1. The summed E-state index contributed by atoms with van der Waals surface area (Å²) in [5.74, 6) is 0.681. The molecule has 0 aromatic heterocycles. The summed E-state index contributed by atoms with van der Waals surface area (Å²) < 4.78 is 5.40. The van der Waals surface area contributed by atoms with Gasteiger partial charge in [0.2, 0.25) is 0 Å². The molecule has 6 heteroatoms. The Morgan fingerprint density at radius 2 is 1.96 bits per heavy atom. The number of urea groups is 1. The highest BCUT2D eigenvalue weighted by molar-refractivity contribution is 6.31. The number of benzene rings is 1. The Morgan fingerprint density at radius 3 is 2.62 bits per heavy atom. The number of aryl methyl sites for hydroxylation is 1. The molecule has 2 amide bonds. The second-order valence-corrected chi connectivity index (χ2v) is 7.14. The van der Waals surface area contributed by atoms with E-state index in [1.165, 1.54) is 0 Å². The Hall–Kier alpha value is -1.30. The van der Waals surface area contributed by atoms with Gasteiger partial charge in [-0.2, -0.15) is 0 Å². The van der Waals surface area contributed by atoms with Crippen LogP contribution in [-0.4, -0.2) is 61.8 Å². The Bertz CT molecular complexity index is 567. The number of morpholine rings is 1. The van der Waals surface area contributed by atoms with Crippen molar-refractivity contribution in [3.8, 4) is 0 Å². The van der Waals surface area contributed by atoms with Crippen molar-refractivity contribution >= 4 is 23.3 Å². The summed E-state index contributed by atoms with van der Waals surface area (Å²) in [6, 6.07) is 5.59. The summed E-state index contributed by atoms with van der Waals surface area (Å²) in [5.41, 5.74) is 1.77. The number of hydrogen-bond acceptors (Lipinski definition) is 3. The number of amides is 2. The number of halogens is 1. The van der Waals surface area contributed by atoms with Gasteiger partial charge in [0.15, 0.2) is 0 Å². The van der Waals surface area contributed by atoms with Crippen molar-refractivity contribution < 1.29 is 9.53 Å². The SMILES string of the molecule is Cc1ccc(NC(=O)N2CCC(CN3CCOCC3)CC2)cc1Cl. The molecule has 2 aliphatic heterocycles. The van der Waals surface area contributed by atoms with Crippen molar-refractivity contribution in [1.29, 1.82) is 0 Å². The second-order valence-electron chi connectivity index (χ2n) is 6.74. The van der Waals surface area contributed by atoms with Crippen LogP contribution in [0.25, 0.3) is 0 Å². The molecule has 5 nitrogen and oxygen atoms in total. The largest absolute Gasteiger partial charge is 0.379 e. The van der Waals surface area contributed by atoms with E-state index in [-0.39, 0.29) is 6.03 Å². The number of piperidine rings is 1. The molecule has 0 radical (unpaired) electrons. The predicted octanol–water partition coefficient (Wildman–Crippen LogP) is 3.22. The quantitative estimate of drug-likeness (QED) is 0.909. The van der Waals surface area contributed by atoms with Crippen LogP contribution in [0.15, 0.2) is 18.2 Å². The molecule has 0 atom stereocenters. The van der Waals surface area contributed by atoms with Crippen molar-refractivity contribution in [3.63, 3.8) is 0 Å². The van der Waals surface area contributed by atoms with Gasteiger partial charge in [0.05, 0.1) is 13.2 Å². The Kier molecular flexibility index (Phi) is 5.98. The molecule has 2 heterocycles. The first kappa shape index (κ1) is 17.5. The van der Waals surface area contributed by atoms with Crippen LogP contribution in [0.1, 0.15) is 18.4 Å². The fraction of sp³-hybridized carbons (Fsp3) is 0.611. The lowest BCUT2D eigenvalue weighted by Crippen LogP contribution is -2.45. The number of carbonyl (C=O) groups excluding carboxylic acids is 1. The molecule has 1 aromatic carbocycles. The lowest BCUT2D eigenvalue weighted by atomic mass is 9.96. The minimum absolute atomic E-state index is 0.0280. The van der Waals surface area contributed by atoms with Gasteiger partial charge in [-0.05, 0) is 43.4 Å². The van der Waals surface area contributed by atoms with Gasteiger partial charge in [-0.15, -0.1) is 0 Å². The van der Waals surface area contributed by atoms with Gasteiger partial charge >= 0.3 is 6.03 Å². The van der Waals surface area contributed by atoms with Crippen LogP contribution in [0.5, 0.6) is 0 Å². The fourth-order valence-corrected chi connectivity index (χ4v) is 3.52. The molecule has 2 fully saturated rings. The highest BCUT2D eigenvalue weighted by Crippen LogP contribution is 2.22. The lowest BCUT2D eigenvalue weighted by molar-refractivity contribution is 0.0260. The van der Waals surface area contributed by atoms with E-state index >= 15 is 0 Å². The van der Waals surface area contributed by atoms with E-state index in [0.717, 1.165) is 70.0 Å². The molecular formula is C18H26ClN3O2. The van der Waals surface area contributed by atoms with Crippen molar-refractivity contribution in [2.45, 2.75) is 19.8 Å². The van der Waals surface area contributed by atoms with E-state index in [1.807, 2.05) is 24.0 Å². The summed E-state index contributed by atoms with van der Waals surface area (Å²) in [5, 5.41) is 3.63. The normalized spacial score (nSPS) is 20.2. The molecular weight excluding hydrogens is 326 g/mol. The molecule has 2 aliphatic rings. The smallest absolute Gasteiger partial charge is 0.321 e. The first-order valence-electron chi connectivity index (χ1n) is 8.74. The van der Waals surface area contributed by atoms with E-state index in [4.69, 9.17) is 16.3 Å². The molecule has 0 unspecified atom stereocenters. The van der Waals surface area contributed by atoms with Crippen molar-refractivity contribution in [1.82, 2.24) is 9.80 Å². The van der Waals surface area contributed by atoms with Crippen LogP contribution in [-0.2, 0) is 4.74 Å². The molecule has 132 valence electrons. The maximum absolute atomic E-state index is 12.4. The van der Waals surface area contributed by atoms with Crippen LogP contribution in [0, 0.1) is 12.8 Å². The van der Waals surface area contributed by atoms with Crippen molar-refractivity contribution in [3.05, 3.63) is 28.8 Å². The number of likely N-dealkylation sites (tertiary alicyclic amines) is 1. The first-order chi connectivity index (χ1) is 11.6. The molecule has 0 saturated carbocycles. The van der Waals surface area contributed by atoms with Crippen LogP contribution in [0.2, 0.25) is 5.02 Å². The van der Waals surface area contributed by atoms with Gasteiger partial charge in [-0.1, -0.05) is 17.7 Å². The van der Waals surface area contributed by atoms with Gasteiger partial charge in [0.25, 0.3) is 0 Å². The Morgan fingerprint density at radius 1 is 1.25 bits per heavy atom. The maximum atomic E-state index is 12.4. The average Bonchev–Trinajstić information content (AvgIpc) is 2.60. The number of rotatable bonds is 3.